The van der Waals surface area contributed by atoms with Gasteiger partial charge in [-0.15, -0.1) is 0 Å². The van der Waals surface area contributed by atoms with Crippen molar-refractivity contribution in [2.45, 2.75) is 38.9 Å². The highest BCUT2D eigenvalue weighted by atomic mass is 16.7. The van der Waals surface area contributed by atoms with Crippen molar-refractivity contribution in [2.75, 3.05) is 13.2 Å². The first kappa shape index (κ1) is 10.9. The summed E-state index contributed by atoms with van der Waals surface area (Å²) in [6.07, 6.45) is 4.19. The van der Waals surface area contributed by atoms with Gasteiger partial charge in [0.25, 0.3) is 0 Å². The number of hydrogen-bond donors (Lipinski definition) is 0. The van der Waals surface area contributed by atoms with Gasteiger partial charge < -0.3 is 9.47 Å². The number of hydrogen-bond acceptors (Lipinski definition) is 3. The summed E-state index contributed by atoms with van der Waals surface area (Å²) < 4.78 is 11.4. The second-order valence-electron chi connectivity index (χ2n) is 4.88. The molecule has 0 radical (unpaired) electrons. The zero-order valence-corrected chi connectivity index (χ0v) is 9.32. The van der Waals surface area contributed by atoms with Crippen molar-refractivity contribution in [3.05, 3.63) is 0 Å². The number of ether oxygens (including phenoxy) is 2. The van der Waals surface area contributed by atoms with Crippen molar-refractivity contribution in [3.63, 3.8) is 0 Å². The standard InChI is InChI=1S/C12H19NO2/c1-9-7-14-12(15-8-9)11-4-2-10(6-13)3-5-11/h9-12H,2-5,7-8H2,1H3/t9-,10?,11?,12-. The van der Waals surface area contributed by atoms with Gasteiger partial charge in [0.2, 0.25) is 0 Å². The fraction of sp³-hybridized carbons (Fsp3) is 0.917. The van der Waals surface area contributed by atoms with Gasteiger partial charge in [-0.1, -0.05) is 6.92 Å². The molecule has 0 spiro atoms. The van der Waals surface area contributed by atoms with Crippen LogP contribution in [0, 0.1) is 29.1 Å². The SMILES string of the molecule is C[C@H]1CO[C@H](C2CCC(C#N)CC2)OC1. The van der Waals surface area contributed by atoms with E-state index in [4.69, 9.17) is 14.7 Å². The van der Waals surface area contributed by atoms with E-state index in [0.717, 1.165) is 38.9 Å². The largest absolute Gasteiger partial charge is 0.352 e. The number of nitrogens with zero attached hydrogens (tertiary/aromatic N) is 1. The van der Waals surface area contributed by atoms with E-state index >= 15 is 0 Å². The molecule has 0 N–H and O–H groups in total. The van der Waals surface area contributed by atoms with Crippen LogP contribution in [0.1, 0.15) is 32.6 Å². The normalized spacial score (nSPS) is 42.1. The molecule has 1 aliphatic carbocycles. The van der Waals surface area contributed by atoms with Crippen LogP contribution in [-0.2, 0) is 9.47 Å². The highest BCUT2D eigenvalue weighted by Gasteiger charge is 2.31. The van der Waals surface area contributed by atoms with E-state index in [1.165, 1.54) is 0 Å². The summed E-state index contributed by atoms with van der Waals surface area (Å²) >= 11 is 0. The zero-order chi connectivity index (χ0) is 10.7. The van der Waals surface area contributed by atoms with Crippen LogP contribution in [0.4, 0.5) is 0 Å². The van der Waals surface area contributed by atoms with E-state index in [9.17, 15) is 0 Å². The minimum absolute atomic E-state index is 0.000780. The molecule has 2 fully saturated rings. The van der Waals surface area contributed by atoms with Gasteiger partial charge in [-0.2, -0.15) is 5.26 Å². The van der Waals surface area contributed by atoms with Crippen molar-refractivity contribution >= 4 is 0 Å². The highest BCUT2D eigenvalue weighted by molar-refractivity contribution is 4.88. The van der Waals surface area contributed by atoms with Gasteiger partial charge in [0.1, 0.15) is 0 Å². The highest BCUT2D eigenvalue weighted by Crippen LogP contribution is 2.33. The average Bonchev–Trinajstić information content (AvgIpc) is 2.30. The lowest BCUT2D eigenvalue weighted by atomic mass is 9.82. The van der Waals surface area contributed by atoms with Crippen LogP contribution >= 0.6 is 0 Å². The van der Waals surface area contributed by atoms with Crippen LogP contribution < -0.4 is 0 Å². The first-order valence-corrected chi connectivity index (χ1v) is 5.92. The van der Waals surface area contributed by atoms with Gasteiger partial charge >= 0.3 is 0 Å². The summed E-state index contributed by atoms with van der Waals surface area (Å²) in [7, 11) is 0. The van der Waals surface area contributed by atoms with Crippen molar-refractivity contribution in [2.24, 2.45) is 17.8 Å². The Morgan fingerprint density at radius 3 is 2.20 bits per heavy atom. The molecule has 2 rings (SSSR count). The molecule has 1 saturated carbocycles. The Morgan fingerprint density at radius 1 is 1.07 bits per heavy atom. The molecule has 3 nitrogen and oxygen atoms in total. The minimum Gasteiger partial charge on any atom is -0.352 e. The third kappa shape index (κ3) is 2.70. The predicted octanol–water partition coefficient (Wildman–Crippen LogP) is 2.33. The Kier molecular flexibility index (Phi) is 3.61. The molecule has 1 saturated heterocycles. The predicted molar refractivity (Wildman–Crippen MR) is 55.9 cm³/mol. The van der Waals surface area contributed by atoms with Gasteiger partial charge in [0, 0.05) is 17.8 Å². The molecule has 0 bridgehead atoms. The molecule has 0 amide bonds. The van der Waals surface area contributed by atoms with Crippen molar-refractivity contribution in [1.82, 2.24) is 0 Å². The van der Waals surface area contributed by atoms with Crippen LogP contribution in [0.5, 0.6) is 0 Å². The quantitative estimate of drug-likeness (QED) is 0.665. The maximum atomic E-state index is 8.81. The van der Waals surface area contributed by atoms with Crippen molar-refractivity contribution in [3.8, 4) is 6.07 Å². The molecule has 15 heavy (non-hydrogen) atoms. The van der Waals surface area contributed by atoms with Crippen molar-refractivity contribution in [1.29, 1.82) is 5.26 Å². The van der Waals surface area contributed by atoms with Gasteiger partial charge in [0.15, 0.2) is 6.29 Å². The molecular weight excluding hydrogens is 190 g/mol. The second-order valence-corrected chi connectivity index (χ2v) is 4.88. The van der Waals surface area contributed by atoms with E-state index in [0.29, 0.717) is 11.8 Å². The molecule has 2 aliphatic rings. The first-order chi connectivity index (χ1) is 7.29. The number of nitriles is 1. The first-order valence-electron chi connectivity index (χ1n) is 5.92. The number of rotatable bonds is 1. The Hall–Kier alpha value is -0.590. The Balaban J connectivity index is 1.78. The molecule has 3 heteroatoms. The van der Waals surface area contributed by atoms with Crippen LogP contribution in [0.3, 0.4) is 0 Å². The molecule has 1 aliphatic heterocycles. The molecule has 1 heterocycles. The lowest BCUT2D eigenvalue weighted by Gasteiger charge is -2.35. The lowest BCUT2D eigenvalue weighted by molar-refractivity contribution is -0.226. The fourth-order valence-electron chi connectivity index (χ4n) is 2.41. The molecule has 0 atom stereocenters. The summed E-state index contributed by atoms with van der Waals surface area (Å²) in [5.74, 6) is 1.31. The minimum atomic E-state index is 0.000780. The summed E-state index contributed by atoms with van der Waals surface area (Å²) in [6, 6.07) is 2.35. The van der Waals surface area contributed by atoms with Gasteiger partial charge in [-0.3, -0.25) is 0 Å². The Labute approximate surface area is 91.4 Å². The fourth-order valence-corrected chi connectivity index (χ4v) is 2.41. The van der Waals surface area contributed by atoms with E-state index in [2.05, 4.69) is 13.0 Å². The summed E-state index contributed by atoms with van der Waals surface area (Å²) in [4.78, 5) is 0. The average molecular weight is 209 g/mol. The van der Waals surface area contributed by atoms with Crippen LogP contribution in [-0.4, -0.2) is 19.5 Å². The van der Waals surface area contributed by atoms with Crippen LogP contribution in [0.2, 0.25) is 0 Å². The van der Waals surface area contributed by atoms with Crippen LogP contribution in [0.15, 0.2) is 0 Å². The molecule has 0 unspecified atom stereocenters. The van der Waals surface area contributed by atoms with Gasteiger partial charge in [-0.25, -0.2) is 0 Å². The summed E-state index contributed by atoms with van der Waals surface area (Å²) in [5.41, 5.74) is 0. The van der Waals surface area contributed by atoms with E-state index in [1.807, 2.05) is 0 Å². The third-order valence-electron chi connectivity index (χ3n) is 3.43. The Bertz CT molecular complexity index is 232. The summed E-state index contributed by atoms with van der Waals surface area (Å²) in [5, 5.41) is 8.81. The Morgan fingerprint density at radius 2 is 1.67 bits per heavy atom. The molecule has 0 aromatic carbocycles. The lowest BCUT2D eigenvalue weighted by Crippen LogP contribution is -2.37. The smallest absolute Gasteiger partial charge is 0.160 e. The monoisotopic (exact) mass is 209 g/mol. The molecule has 0 aromatic heterocycles. The third-order valence-corrected chi connectivity index (χ3v) is 3.43. The zero-order valence-electron chi connectivity index (χ0n) is 9.32. The summed E-state index contributed by atoms with van der Waals surface area (Å²) in [6.45, 7) is 3.79. The van der Waals surface area contributed by atoms with Gasteiger partial charge in [0.05, 0.1) is 19.3 Å². The molecule has 0 aromatic rings. The topological polar surface area (TPSA) is 42.2 Å². The molecular formula is C12H19NO2. The van der Waals surface area contributed by atoms with Crippen LogP contribution in [0.25, 0.3) is 0 Å². The van der Waals surface area contributed by atoms with E-state index in [-0.39, 0.29) is 12.2 Å². The maximum Gasteiger partial charge on any atom is 0.160 e. The van der Waals surface area contributed by atoms with Gasteiger partial charge in [-0.05, 0) is 25.7 Å². The van der Waals surface area contributed by atoms with Crippen molar-refractivity contribution < 1.29 is 9.47 Å². The second kappa shape index (κ2) is 4.96. The maximum absolute atomic E-state index is 8.81. The molecule has 84 valence electrons. The van der Waals surface area contributed by atoms with E-state index in [1.54, 1.807) is 0 Å². The van der Waals surface area contributed by atoms with E-state index < -0.39 is 0 Å².